The van der Waals surface area contributed by atoms with Gasteiger partial charge in [-0.25, -0.2) is 14.5 Å². The first kappa shape index (κ1) is 26.6. The van der Waals surface area contributed by atoms with Crippen molar-refractivity contribution in [3.63, 3.8) is 0 Å². The van der Waals surface area contributed by atoms with E-state index >= 15 is 0 Å². The summed E-state index contributed by atoms with van der Waals surface area (Å²) >= 11 is 0. The van der Waals surface area contributed by atoms with Gasteiger partial charge >= 0.3 is 12.0 Å². The number of carbonyl (C=O) groups is 4. The van der Waals surface area contributed by atoms with Crippen LogP contribution >= 0.6 is 0 Å². The number of piperazine rings is 1. The normalized spacial score (nSPS) is 22.2. The number of carbonyl (C=O) groups excluding carboxylic acids is 3. The highest BCUT2D eigenvalue weighted by Crippen LogP contribution is 2.35. The first-order valence-electron chi connectivity index (χ1n) is 13.6. The summed E-state index contributed by atoms with van der Waals surface area (Å²) in [5.74, 6) is -2.05. The number of aliphatic carboxylic acids is 1. The Morgan fingerprint density at radius 2 is 1.49 bits per heavy atom. The molecule has 3 aliphatic heterocycles. The van der Waals surface area contributed by atoms with Gasteiger partial charge in [0.2, 0.25) is 11.8 Å². The number of nitrogens with one attached hydrogen (secondary N) is 1. The zero-order chi connectivity index (χ0) is 27.4. The minimum Gasteiger partial charge on any atom is -0.480 e. The molecule has 2 aromatic rings. The summed E-state index contributed by atoms with van der Waals surface area (Å²) in [6.45, 7) is 2.87. The highest BCUT2D eigenvalue weighted by Gasteiger charge is 2.56. The summed E-state index contributed by atoms with van der Waals surface area (Å²) in [6, 6.07) is 16.3. The third kappa shape index (κ3) is 5.88. The summed E-state index contributed by atoms with van der Waals surface area (Å²) < 4.78 is 0. The zero-order valence-corrected chi connectivity index (χ0v) is 21.9. The summed E-state index contributed by atoms with van der Waals surface area (Å²) in [7, 11) is 0. The third-order valence-electron chi connectivity index (χ3n) is 8.02. The SMILES string of the molecule is O=C(O)[C@@H]1[C@@H](CC2CCNCC2)C(=O)N1C(=O)N1CCN(C(=O)C=Cc2ccc(-c3ccccc3)cc2)CC1. The summed E-state index contributed by atoms with van der Waals surface area (Å²) in [4.78, 5) is 54.7. The molecule has 9 nitrogen and oxygen atoms in total. The number of β-lactam (4-membered cyclic amide) rings is 1. The molecular weight excluding hydrogens is 496 g/mol. The molecular formula is C30H34N4O5. The second-order valence-corrected chi connectivity index (χ2v) is 10.4. The Bertz CT molecular complexity index is 1230. The highest BCUT2D eigenvalue weighted by atomic mass is 16.4. The molecule has 0 unspecified atom stereocenters. The molecule has 3 aliphatic rings. The Kier molecular flexibility index (Phi) is 8.07. The number of rotatable bonds is 6. The maximum absolute atomic E-state index is 13.1. The van der Waals surface area contributed by atoms with Crippen LogP contribution in [-0.4, -0.2) is 88.9 Å². The average Bonchev–Trinajstić information content (AvgIpc) is 2.98. The van der Waals surface area contributed by atoms with Crippen LogP contribution in [0.3, 0.4) is 0 Å². The monoisotopic (exact) mass is 530 g/mol. The van der Waals surface area contributed by atoms with Gasteiger partial charge in [-0.3, -0.25) is 9.59 Å². The number of carboxylic acid groups (broad SMARTS) is 1. The van der Waals surface area contributed by atoms with Gasteiger partial charge in [-0.2, -0.15) is 0 Å². The van der Waals surface area contributed by atoms with Crippen molar-refractivity contribution >= 4 is 29.9 Å². The van der Waals surface area contributed by atoms with Crippen molar-refractivity contribution in [1.82, 2.24) is 20.0 Å². The first-order chi connectivity index (χ1) is 18.9. The number of likely N-dealkylation sites (tertiary alicyclic amines) is 1. The molecule has 2 aromatic carbocycles. The van der Waals surface area contributed by atoms with Crippen molar-refractivity contribution < 1.29 is 24.3 Å². The molecule has 9 heteroatoms. The zero-order valence-electron chi connectivity index (χ0n) is 21.9. The van der Waals surface area contributed by atoms with Crippen LogP contribution in [0, 0.1) is 11.8 Å². The van der Waals surface area contributed by atoms with E-state index in [0.29, 0.717) is 25.4 Å². The van der Waals surface area contributed by atoms with Crippen molar-refractivity contribution in [2.45, 2.75) is 25.3 Å². The molecule has 3 heterocycles. The Balaban J connectivity index is 1.12. The minimum absolute atomic E-state index is 0.153. The number of amides is 4. The second-order valence-electron chi connectivity index (χ2n) is 10.4. The van der Waals surface area contributed by atoms with Crippen molar-refractivity contribution in [1.29, 1.82) is 0 Å². The Morgan fingerprint density at radius 1 is 0.872 bits per heavy atom. The van der Waals surface area contributed by atoms with Gasteiger partial charge in [-0.15, -0.1) is 0 Å². The molecule has 204 valence electrons. The summed E-state index contributed by atoms with van der Waals surface area (Å²) in [6.07, 6.45) is 5.62. The van der Waals surface area contributed by atoms with Crippen molar-refractivity contribution in [3.8, 4) is 11.1 Å². The van der Waals surface area contributed by atoms with Crippen LogP contribution in [0.1, 0.15) is 24.8 Å². The van der Waals surface area contributed by atoms with Crippen LogP contribution in [0.25, 0.3) is 17.2 Å². The van der Waals surface area contributed by atoms with Gasteiger partial charge in [0.05, 0.1) is 5.92 Å². The second kappa shape index (κ2) is 11.8. The van der Waals surface area contributed by atoms with E-state index in [1.807, 2.05) is 54.6 Å². The molecule has 0 spiro atoms. The van der Waals surface area contributed by atoms with E-state index < -0.39 is 29.9 Å². The van der Waals surface area contributed by atoms with Gasteiger partial charge in [-0.1, -0.05) is 54.6 Å². The van der Waals surface area contributed by atoms with Crippen molar-refractivity contribution in [2.24, 2.45) is 11.8 Å². The van der Waals surface area contributed by atoms with Crippen LogP contribution in [0.2, 0.25) is 0 Å². The molecule has 3 fully saturated rings. The predicted molar refractivity (Wildman–Crippen MR) is 146 cm³/mol. The number of nitrogens with zero attached hydrogens (tertiary/aromatic N) is 3. The number of hydrogen-bond acceptors (Lipinski definition) is 5. The van der Waals surface area contributed by atoms with E-state index in [1.54, 1.807) is 11.0 Å². The molecule has 0 bridgehead atoms. The lowest BCUT2D eigenvalue weighted by atomic mass is 9.78. The van der Waals surface area contributed by atoms with E-state index in [-0.39, 0.29) is 19.0 Å². The van der Waals surface area contributed by atoms with Crippen LogP contribution in [-0.2, 0) is 14.4 Å². The molecule has 2 atom stereocenters. The molecule has 0 aromatic heterocycles. The highest BCUT2D eigenvalue weighted by molar-refractivity contribution is 6.07. The van der Waals surface area contributed by atoms with E-state index in [4.69, 9.17) is 0 Å². The van der Waals surface area contributed by atoms with Gasteiger partial charge in [0.1, 0.15) is 0 Å². The fraction of sp³-hybridized carbons (Fsp3) is 0.400. The fourth-order valence-electron chi connectivity index (χ4n) is 5.71. The van der Waals surface area contributed by atoms with E-state index in [0.717, 1.165) is 47.5 Å². The molecule has 5 rings (SSSR count). The van der Waals surface area contributed by atoms with E-state index in [1.165, 1.54) is 11.0 Å². The third-order valence-corrected chi connectivity index (χ3v) is 8.02. The smallest absolute Gasteiger partial charge is 0.327 e. The lowest BCUT2D eigenvalue weighted by Crippen LogP contribution is -2.69. The number of carboxylic acids is 1. The van der Waals surface area contributed by atoms with Gasteiger partial charge in [-0.05, 0) is 61.0 Å². The topological polar surface area (TPSA) is 110 Å². The number of imide groups is 1. The Hall–Kier alpha value is -3.98. The van der Waals surface area contributed by atoms with Gasteiger partial charge in [0.15, 0.2) is 6.04 Å². The first-order valence-corrected chi connectivity index (χ1v) is 13.6. The number of urea groups is 1. The molecule has 2 N–H and O–H groups in total. The van der Waals surface area contributed by atoms with Crippen LogP contribution in [0.5, 0.6) is 0 Å². The lowest BCUT2D eigenvalue weighted by molar-refractivity contribution is -0.167. The number of hydrogen-bond donors (Lipinski definition) is 2. The van der Waals surface area contributed by atoms with Crippen molar-refractivity contribution in [3.05, 3.63) is 66.2 Å². The van der Waals surface area contributed by atoms with Crippen molar-refractivity contribution in [2.75, 3.05) is 39.3 Å². The minimum atomic E-state index is -1.14. The maximum atomic E-state index is 13.1. The number of benzene rings is 2. The molecule has 3 saturated heterocycles. The molecule has 4 amide bonds. The molecule has 39 heavy (non-hydrogen) atoms. The van der Waals surface area contributed by atoms with Gasteiger partial charge in [0, 0.05) is 32.3 Å². The van der Waals surface area contributed by atoms with Crippen LogP contribution in [0.4, 0.5) is 4.79 Å². The predicted octanol–water partition coefficient (Wildman–Crippen LogP) is 2.93. The maximum Gasteiger partial charge on any atom is 0.327 e. The van der Waals surface area contributed by atoms with Crippen LogP contribution < -0.4 is 5.32 Å². The van der Waals surface area contributed by atoms with E-state index in [9.17, 15) is 24.3 Å². The van der Waals surface area contributed by atoms with Gasteiger partial charge in [0.25, 0.3) is 0 Å². The summed E-state index contributed by atoms with van der Waals surface area (Å²) in [5, 5.41) is 13.0. The molecule has 0 saturated carbocycles. The average molecular weight is 531 g/mol. The van der Waals surface area contributed by atoms with Gasteiger partial charge < -0.3 is 20.2 Å². The largest absolute Gasteiger partial charge is 0.480 e. The molecule has 0 aliphatic carbocycles. The van der Waals surface area contributed by atoms with Crippen LogP contribution in [0.15, 0.2) is 60.7 Å². The quantitative estimate of drug-likeness (QED) is 0.439. The molecule has 0 radical (unpaired) electrons. The van der Waals surface area contributed by atoms with E-state index in [2.05, 4.69) is 5.32 Å². The Labute approximate surface area is 228 Å². The Morgan fingerprint density at radius 3 is 2.13 bits per heavy atom. The number of piperidine rings is 1. The standard InChI is InChI=1S/C30H34N4O5/c35-26(11-8-21-6-9-24(10-7-21)23-4-2-1-3-5-23)32-16-18-33(19-17-32)30(39)34-27(29(37)38)25(28(34)36)20-22-12-14-31-15-13-22/h1-11,22,25,27,31H,12-20H2,(H,37,38)/t25-,27+/m1/s1. The summed E-state index contributed by atoms with van der Waals surface area (Å²) in [5.41, 5.74) is 3.14. The fourth-order valence-corrected chi connectivity index (χ4v) is 5.71. The lowest BCUT2D eigenvalue weighted by Gasteiger charge is -2.47.